The lowest BCUT2D eigenvalue weighted by Gasteiger charge is -2.18. The van der Waals surface area contributed by atoms with Crippen molar-refractivity contribution in [2.45, 2.75) is 39.2 Å². The van der Waals surface area contributed by atoms with Crippen LogP contribution in [0, 0.1) is 5.92 Å². The molecule has 0 aliphatic heterocycles. The first-order chi connectivity index (χ1) is 10.3. The molecule has 1 amide bonds. The Labute approximate surface area is 127 Å². The Balaban J connectivity index is 1.80. The van der Waals surface area contributed by atoms with Crippen molar-refractivity contribution in [3.05, 3.63) is 47.5 Å². The van der Waals surface area contributed by atoms with Crippen molar-refractivity contribution >= 4 is 5.91 Å². The number of carbonyl (C=O) groups excluding carboxylic acids is 1. The average Bonchev–Trinajstić information content (AvgIpc) is 2.54. The van der Waals surface area contributed by atoms with Crippen LogP contribution in [0.25, 0.3) is 0 Å². The summed E-state index contributed by atoms with van der Waals surface area (Å²) in [5.41, 5.74) is 1.92. The fourth-order valence-electron chi connectivity index (χ4n) is 2.63. The van der Waals surface area contributed by atoms with E-state index >= 15 is 0 Å². The van der Waals surface area contributed by atoms with E-state index in [2.05, 4.69) is 35.8 Å². The third-order valence-electron chi connectivity index (χ3n) is 3.86. The standard InChI is InChI=1S/C18H26N2O/c1-2-11-20-18(21)17-10-6-9-16(12-17)14-19-13-15-7-4-3-5-8-15/h3-4,6,9-10,12,15,19H,2,5,7-8,11,13-14H2,1H3,(H,20,21). The van der Waals surface area contributed by atoms with Crippen LogP contribution in [0.1, 0.15) is 48.5 Å². The summed E-state index contributed by atoms with van der Waals surface area (Å²) in [6.07, 6.45) is 9.20. The van der Waals surface area contributed by atoms with Crippen molar-refractivity contribution < 1.29 is 4.79 Å². The maximum absolute atomic E-state index is 11.9. The third-order valence-corrected chi connectivity index (χ3v) is 3.86. The molecule has 2 N–H and O–H groups in total. The topological polar surface area (TPSA) is 41.1 Å². The van der Waals surface area contributed by atoms with Crippen molar-refractivity contribution in [1.29, 1.82) is 0 Å². The van der Waals surface area contributed by atoms with Gasteiger partial charge in [-0.25, -0.2) is 0 Å². The van der Waals surface area contributed by atoms with Crippen LogP contribution in [0.4, 0.5) is 0 Å². The van der Waals surface area contributed by atoms with E-state index in [1.54, 1.807) is 0 Å². The Bertz CT molecular complexity index is 482. The highest BCUT2D eigenvalue weighted by Crippen LogP contribution is 2.17. The van der Waals surface area contributed by atoms with Crippen LogP contribution in [-0.4, -0.2) is 19.0 Å². The minimum Gasteiger partial charge on any atom is -0.352 e. The number of rotatable bonds is 7. The van der Waals surface area contributed by atoms with Crippen molar-refractivity contribution in [3.63, 3.8) is 0 Å². The minimum absolute atomic E-state index is 0.0242. The maximum atomic E-state index is 11.9. The Hall–Kier alpha value is -1.61. The Morgan fingerprint density at radius 2 is 2.24 bits per heavy atom. The fourth-order valence-corrected chi connectivity index (χ4v) is 2.63. The lowest BCUT2D eigenvalue weighted by Crippen LogP contribution is -2.25. The van der Waals surface area contributed by atoms with Crippen LogP contribution in [0.2, 0.25) is 0 Å². The summed E-state index contributed by atoms with van der Waals surface area (Å²) in [4.78, 5) is 11.9. The van der Waals surface area contributed by atoms with E-state index in [0.29, 0.717) is 0 Å². The summed E-state index contributed by atoms with van der Waals surface area (Å²) < 4.78 is 0. The van der Waals surface area contributed by atoms with E-state index in [1.807, 2.05) is 18.2 Å². The van der Waals surface area contributed by atoms with Crippen LogP contribution in [0.5, 0.6) is 0 Å². The summed E-state index contributed by atoms with van der Waals surface area (Å²) >= 11 is 0. The van der Waals surface area contributed by atoms with Crippen molar-refractivity contribution in [2.24, 2.45) is 5.92 Å². The first-order valence-corrected chi connectivity index (χ1v) is 8.02. The Morgan fingerprint density at radius 3 is 3.00 bits per heavy atom. The van der Waals surface area contributed by atoms with Gasteiger partial charge in [-0.3, -0.25) is 4.79 Å². The summed E-state index contributed by atoms with van der Waals surface area (Å²) in [5.74, 6) is 0.780. The predicted octanol–water partition coefficient (Wildman–Crippen LogP) is 3.27. The number of amides is 1. The first-order valence-electron chi connectivity index (χ1n) is 8.02. The van der Waals surface area contributed by atoms with E-state index in [0.717, 1.165) is 37.5 Å². The largest absolute Gasteiger partial charge is 0.352 e. The molecule has 0 fully saturated rings. The lowest BCUT2D eigenvalue weighted by molar-refractivity contribution is 0.0953. The smallest absolute Gasteiger partial charge is 0.251 e. The molecule has 0 spiro atoms. The lowest BCUT2D eigenvalue weighted by atomic mass is 9.94. The molecule has 0 aromatic heterocycles. The van der Waals surface area contributed by atoms with E-state index in [1.165, 1.54) is 24.8 Å². The number of hydrogen-bond acceptors (Lipinski definition) is 2. The maximum Gasteiger partial charge on any atom is 0.251 e. The molecule has 1 aromatic rings. The SMILES string of the molecule is CCCNC(=O)c1cccc(CNCC2CC=CCC2)c1. The number of carbonyl (C=O) groups is 1. The van der Waals surface area contributed by atoms with Gasteiger partial charge in [0.1, 0.15) is 0 Å². The van der Waals surface area contributed by atoms with Crippen molar-refractivity contribution in [3.8, 4) is 0 Å². The van der Waals surface area contributed by atoms with Crippen LogP contribution in [-0.2, 0) is 6.54 Å². The van der Waals surface area contributed by atoms with Gasteiger partial charge in [0.05, 0.1) is 0 Å². The Kier molecular flexibility index (Phi) is 6.48. The van der Waals surface area contributed by atoms with Gasteiger partial charge in [-0.05, 0) is 55.8 Å². The molecule has 2 rings (SSSR count). The summed E-state index contributed by atoms with van der Waals surface area (Å²) in [6.45, 7) is 4.67. The molecule has 114 valence electrons. The number of hydrogen-bond donors (Lipinski definition) is 2. The van der Waals surface area contributed by atoms with Gasteiger partial charge in [0, 0.05) is 18.7 Å². The van der Waals surface area contributed by atoms with Crippen LogP contribution in [0.3, 0.4) is 0 Å². The highest BCUT2D eigenvalue weighted by Gasteiger charge is 2.09. The van der Waals surface area contributed by atoms with E-state index in [4.69, 9.17) is 0 Å². The second kappa shape index (κ2) is 8.63. The number of benzene rings is 1. The molecule has 1 aromatic carbocycles. The van der Waals surface area contributed by atoms with Gasteiger partial charge in [0.15, 0.2) is 0 Å². The fraction of sp³-hybridized carbons (Fsp3) is 0.500. The number of allylic oxidation sites excluding steroid dienone is 2. The molecule has 0 saturated carbocycles. The zero-order valence-corrected chi connectivity index (χ0v) is 12.9. The molecular weight excluding hydrogens is 260 g/mol. The molecule has 1 atom stereocenters. The van der Waals surface area contributed by atoms with Crippen LogP contribution in [0.15, 0.2) is 36.4 Å². The molecular formula is C18H26N2O. The molecule has 1 aliphatic carbocycles. The zero-order valence-electron chi connectivity index (χ0n) is 12.9. The second-order valence-corrected chi connectivity index (χ2v) is 5.74. The zero-order chi connectivity index (χ0) is 14.9. The predicted molar refractivity (Wildman–Crippen MR) is 87.3 cm³/mol. The molecule has 3 heteroatoms. The van der Waals surface area contributed by atoms with Crippen LogP contribution < -0.4 is 10.6 Å². The van der Waals surface area contributed by atoms with Crippen LogP contribution >= 0.6 is 0 Å². The second-order valence-electron chi connectivity index (χ2n) is 5.74. The quantitative estimate of drug-likeness (QED) is 0.755. The summed E-state index contributed by atoms with van der Waals surface area (Å²) in [7, 11) is 0. The molecule has 0 radical (unpaired) electrons. The average molecular weight is 286 g/mol. The van der Waals surface area contributed by atoms with E-state index in [-0.39, 0.29) is 5.91 Å². The van der Waals surface area contributed by atoms with Gasteiger partial charge in [-0.2, -0.15) is 0 Å². The first kappa shape index (κ1) is 15.8. The number of nitrogens with one attached hydrogen (secondary N) is 2. The molecule has 3 nitrogen and oxygen atoms in total. The molecule has 1 unspecified atom stereocenters. The van der Waals surface area contributed by atoms with E-state index in [9.17, 15) is 4.79 Å². The van der Waals surface area contributed by atoms with Gasteiger partial charge in [0.25, 0.3) is 5.91 Å². The Morgan fingerprint density at radius 1 is 1.33 bits per heavy atom. The minimum atomic E-state index is 0.0242. The highest BCUT2D eigenvalue weighted by atomic mass is 16.1. The molecule has 21 heavy (non-hydrogen) atoms. The molecule has 0 bridgehead atoms. The molecule has 0 heterocycles. The van der Waals surface area contributed by atoms with Crippen molar-refractivity contribution in [2.75, 3.05) is 13.1 Å². The molecule has 0 saturated heterocycles. The van der Waals surface area contributed by atoms with Gasteiger partial charge in [-0.1, -0.05) is 31.2 Å². The van der Waals surface area contributed by atoms with Gasteiger partial charge >= 0.3 is 0 Å². The third kappa shape index (κ3) is 5.35. The normalized spacial score (nSPS) is 17.7. The summed E-state index contributed by atoms with van der Waals surface area (Å²) in [5, 5.41) is 6.43. The van der Waals surface area contributed by atoms with Gasteiger partial charge in [-0.15, -0.1) is 0 Å². The van der Waals surface area contributed by atoms with Crippen molar-refractivity contribution in [1.82, 2.24) is 10.6 Å². The van der Waals surface area contributed by atoms with Gasteiger partial charge in [0.2, 0.25) is 0 Å². The monoisotopic (exact) mass is 286 g/mol. The van der Waals surface area contributed by atoms with Gasteiger partial charge < -0.3 is 10.6 Å². The highest BCUT2D eigenvalue weighted by molar-refractivity contribution is 5.94. The molecule has 1 aliphatic rings. The summed E-state index contributed by atoms with van der Waals surface area (Å²) in [6, 6.07) is 7.89. The van der Waals surface area contributed by atoms with E-state index < -0.39 is 0 Å².